The second-order valence-corrected chi connectivity index (χ2v) is 3.50. The molecule has 6 heteroatoms. The van der Waals surface area contributed by atoms with E-state index in [4.69, 9.17) is 5.73 Å². The Morgan fingerprint density at radius 3 is 2.94 bits per heavy atom. The van der Waals surface area contributed by atoms with Crippen LogP contribution < -0.4 is 11.1 Å². The van der Waals surface area contributed by atoms with Crippen LogP contribution >= 0.6 is 0 Å². The van der Waals surface area contributed by atoms with Gasteiger partial charge in [0, 0.05) is 11.9 Å². The Labute approximate surface area is 97.0 Å². The van der Waals surface area contributed by atoms with E-state index in [9.17, 15) is 9.18 Å². The van der Waals surface area contributed by atoms with Crippen LogP contribution in [0.25, 0.3) is 0 Å². The number of nitrogens with one attached hydrogen (secondary N) is 1. The van der Waals surface area contributed by atoms with E-state index in [1.807, 2.05) is 0 Å². The number of hydrogen-bond donors (Lipinski definition) is 2. The van der Waals surface area contributed by atoms with Gasteiger partial charge in [-0.05, 0) is 24.3 Å². The van der Waals surface area contributed by atoms with Gasteiger partial charge in [0.1, 0.15) is 18.2 Å². The molecule has 0 fully saturated rings. The van der Waals surface area contributed by atoms with E-state index >= 15 is 0 Å². The number of nitrogens with two attached hydrogens (primary N) is 1. The van der Waals surface area contributed by atoms with Crippen LogP contribution in [0, 0.1) is 5.82 Å². The molecule has 0 aliphatic rings. The normalized spacial score (nSPS) is 10.2. The van der Waals surface area contributed by atoms with Crippen molar-refractivity contribution >= 4 is 17.4 Å². The van der Waals surface area contributed by atoms with Crippen molar-refractivity contribution in [1.29, 1.82) is 0 Å². The van der Waals surface area contributed by atoms with Crippen LogP contribution in [0.4, 0.5) is 15.9 Å². The van der Waals surface area contributed by atoms with Gasteiger partial charge in [0.2, 0.25) is 5.91 Å². The second-order valence-electron chi connectivity index (χ2n) is 3.50. The minimum absolute atomic E-state index is 0.0354. The summed E-state index contributed by atoms with van der Waals surface area (Å²) in [6.07, 6.45) is 1.60. The molecule has 0 saturated carbocycles. The van der Waals surface area contributed by atoms with Gasteiger partial charge in [0.15, 0.2) is 0 Å². The van der Waals surface area contributed by atoms with E-state index in [1.165, 1.54) is 22.9 Å². The third kappa shape index (κ3) is 3.04. The first-order valence-corrected chi connectivity index (χ1v) is 4.98. The monoisotopic (exact) mass is 234 g/mol. The average Bonchev–Trinajstić information content (AvgIpc) is 2.63. The van der Waals surface area contributed by atoms with E-state index in [2.05, 4.69) is 10.4 Å². The lowest BCUT2D eigenvalue weighted by Crippen LogP contribution is -2.19. The smallest absolute Gasteiger partial charge is 0.246 e. The SMILES string of the molecule is Nc1ccn(CC(=O)Nc2cccc(F)c2)n1. The number of anilines is 2. The molecule has 0 radical (unpaired) electrons. The van der Waals surface area contributed by atoms with Gasteiger partial charge in [0.05, 0.1) is 0 Å². The molecule has 1 aromatic heterocycles. The van der Waals surface area contributed by atoms with Crippen LogP contribution in [0.1, 0.15) is 0 Å². The molecule has 0 aliphatic carbocycles. The van der Waals surface area contributed by atoms with Crippen molar-refractivity contribution in [2.45, 2.75) is 6.54 Å². The predicted molar refractivity (Wildman–Crippen MR) is 61.7 cm³/mol. The van der Waals surface area contributed by atoms with Gasteiger partial charge in [-0.25, -0.2) is 4.39 Å². The molecule has 1 amide bonds. The summed E-state index contributed by atoms with van der Waals surface area (Å²) in [6, 6.07) is 7.28. The standard InChI is InChI=1S/C11H11FN4O/c12-8-2-1-3-9(6-8)14-11(17)7-16-5-4-10(13)15-16/h1-6H,7H2,(H2,13,15)(H,14,17). The zero-order chi connectivity index (χ0) is 12.3. The number of halogens is 1. The Balaban J connectivity index is 1.98. The Hall–Kier alpha value is -2.37. The number of rotatable bonds is 3. The summed E-state index contributed by atoms with van der Waals surface area (Å²) in [5.41, 5.74) is 5.83. The predicted octanol–water partition coefficient (Wildman–Crippen LogP) is 1.24. The maximum absolute atomic E-state index is 12.9. The molecule has 0 unspecified atom stereocenters. The van der Waals surface area contributed by atoms with Crippen LogP contribution in [0.5, 0.6) is 0 Å². The molecule has 0 aliphatic heterocycles. The maximum Gasteiger partial charge on any atom is 0.246 e. The molecular weight excluding hydrogens is 223 g/mol. The zero-order valence-electron chi connectivity index (χ0n) is 8.93. The van der Waals surface area contributed by atoms with Crippen molar-refractivity contribution in [3.63, 3.8) is 0 Å². The molecule has 88 valence electrons. The molecule has 0 saturated heterocycles. The fourth-order valence-electron chi connectivity index (χ4n) is 1.38. The first-order chi connectivity index (χ1) is 8.13. The fourth-order valence-corrected chi connectivity index (χ4v) is 1.38. The average molecular weight is 234 g/mol. The van der Waals surface area contributed by atoms with E-state index in [0.717, 1.165) is 0 Å². The number of aromatic nitrogens is 2. The summed E-state index contributed by atoms with van der Waals surface area (Å²) in [6.45, 7) is 0.0354. The van der Waals surface area contributed by atoms with Gasteiger partial charge in [0.25, 0.3) is 0 Å². The molecule has 17 heavy (non-hydrogen) atoms. The maximum atomic E-state index is 12.9. The Bertz CT molecular complexity index is 538. The van der Waals surface area contributed by atoms with E-state index in [-0.39, 0.29) is 12.5 Å². The molecule has 0 spiro atoms. The summed E-state index contributed by atoms with van der Waals surface area (Å²) in [5, 5.41) is 6.43. The number of benzene rings is 1. The minimum Gasteiger partial charge on any atom is -0.382 e. The highest BCUT2D eigenvalue weighted by Gasteiger charge is 2.04. The molecule has 3 N–H and O–H groups in total. The van der Waals surface area contributed by atoms with Crippen LogP contribution in [0.2, 0.25) is 0 Å². The number of nitrogens with zero attached hydrogens (tertiary/aromatic N) is 2. The van der Waals surface area contributed by atoms with Gasteiger partial charge in [-0.2, -0.15) is 5.10 Å². The summed E-state index contributed by atoms with van der Waals surface area (Å²) in [4.78, 5) is 11.6. The summed E-state index contributed by atoms with van der Waals surface area (Å²) in [7, 11) is 0. The highest BCUT2D eigenvalue weighted by Crippen LogP contribution is 2.09. The fraction of sp³-hybridized carbons (Fsp3) is 0.0909. The van der Waals surface area contributed by atoms with E-state index < -0.39 is 5.82 Å². The highest BCUT2D eigenvalue weighted by molar-refractivity contribution is 5.90. The highest BCUT2D eigenvalue weighted by atomic mass is 19.1. The van der Waals surface area contributed by atoms with Crippen LogP contribution in [0.15, 0.2) is 36.5 Å². The summed E-state index contributed by atoms with van der Waals surface area (Å²) in [5.74, 6) is -0.339. The lowest BCUT2D eigenvalue weighted by molar-refractivity contribution is -0.116. The van der Waals surface area contributed by atoms with Crippen molar-refractivity contribution in [3.8, 4) is 0 Å². The Kier molecular flexibility index (Phi) is 3.04. The van der Waals surface area contributed by atoms with Crippen molar-refractivity contribution in [2.24, 2.45) is 0 Å². The van der Waals surface area contributed by atoms with Crippen molar-refractivity contribution in [1.82, 2.24) is 9.78 Å². The van der Waals surface area contributed by atoms with E-state index in [1.54, 1.807) is 18.3 Å². The third-order valence-corrected chi connectivity index (χ3v) is 2.08. The lowest BCUT2D eigenvalue weighted by atomic mass is 10.3. The topological polar surface area (TPSA) is 72.9 Å². The number of carbonyl (C=O) groups excluding carboxylic acids is 1. The van der Waals surface area contributed by atoms with Crippen molar-refractivity contribution in [3.05, 3.63) is 42.3 Å². The van der Waals surface area contributed by atoms with Crippen molar-refractivity contribution in [2.75, 3.05) is 11.1 Å². The first kappa shape index (κ1) is 11.1. The molecule has 0 bridgehead atoms. The summed E-state index contributed by atoms with van der Waals surface area (Å²) < 4.78 is 14.3. The lowest BCUT2D eigenvalue weighted by Gasteiger charge is -2.05. The molecule has 2 rings (SSSR count). The number of hydrogen-bond acceptors (Lipinski definition) is 3. The Morgan fingerprint density at radius 1 is 1.47 bits per heavy atom. The molecular formula is C11H11FN4O. The number of carbonyl (C=O) groups is 1. The molecule has 0 atom stereocenters. The number of nitrogen functional groups attached to an aromatic ring is 1. The Morgan fingerprint density at radius 2 is 2.29 bits per heavy atom. The van der Waals surface area contributed by atoms with Gasteiger partial charge in [-0.3, -0.25) is 9.48 Å². The largest absolute Gasteiger partial charge is 0.382 e. The number of amides is 1. The van der Waals surface area contributed by atoms with Crippen LogP contribution in [-0.2, 0) is 11.3 Å². The quantitative estimate of drug-likeness (QED) is 0.839. The first-order valence-electron chi connectivity index (χ1n) is 4.98. The molecule has 1 heterocycles. The van der Waals surface area contributed by atoms with Gasteiger partial charge in [-0.1, -0.05) is 6.07 Å². The molecule has 5 nitrogen and oxygen atoms in total. The molecule has 2 aromatic rings. The summed E-state index contributed by atoms with van der Waals surface area (Å²) >= 11 is 0. The third-order valence-electron chi connectivity index (χ3n) is 2.08. The van der Waals surface area contributed by atoms with Crippen LogP contribution in [-0.4, -0.2) is 15.7 Å². The van der Waals surface area contributed by atoms with Gasteiger partial charge < -0.3 is 11.1 Å². The minimum atomic E-state index is -0.397. The zero-order valence-corrected chi connectivity index (χ0v) is 8.93. The second kappa shape index (κ2) is 4.65. The molecule has 1 aromatic carbocycles. The van der Waals surface area contributed by atoms with Crippen LogP contribution in [0.3, 0.4) is 0 Å². The van der Waals surface area contributed by atoms with Gasteiger partial charge >= 0.3 is 0 Å². The van der Waals surface area contributed by atoms with Gasteiger partial charge in [-0.15, -0.1) is 0 Å². The van der Waals surface area contributed by atoms with Crippen molar-refractivity contribution < 1.29 is 9.18 Å². The van der Waals surface area contributed by atoms with E-state index in [0.29, 0.717) is 11.5 Å².